The standard InChI is InChI=1S/C20H12BrClN2O2/c21-13-8-10-14(11-9-13)23-18-17(22)19(25)24(20(18)26)16-7-3-5-12-4-1-2-6-15(12)16/h1-11,23H. The number of rotatable bonds is 3. The van der Waals surface area contributed by atoms with Gasteiger partial charge in [-0.25, -0.2) is 4.90 Å². The van der Waals surface area contributed by atoms with Gasteiger partial charge < -0.3 is 5.32 Å². The molecule has 1 aliphatic heterocycles. The quantitative estimate of drug-likeness (QED) is 0.596. The van der Waals surface area contributed by atoms with Crippen molar-refractivity contribution in [1.82, 2.24) is 0 Å². The van der Waals surface area contributed by atoms with Gasteiger partial charge in [-0.15, -0.1) is 0 Å². The maximum absolute atomic E-state index is 12.9. The first-order chi connectivity index (χ1) is 12.6. The molecule has 1 N–H and O–H groups in total. The smallest absolute Gasteiger partial charge is 0.283 e. The van der Waals surface area contributed by atoms with Gasteiger partial charge in [0.25, 0.3) is 11.8 Å². The molecule has 128 valence electrons. The van der Waals surface area contributed by atoms with E-state index in [1.54, 1.807) is 18.2 Å². The second kappa shape index (κ2) is 6.59. The highest BCUT2D eigenvalue weighted by Crippen LogP contribution is 2.34. The van der Waals surface area contributed by atoms with Crippen molar-refractivity contribution >= 4 is 61.5 Å². The van der Waals surface area contributed by atoms with E-state index < -0.39 is 11.8 Å². The van der Waals surface area contributed by atoms with Gasteiger partial charge in [0.1, 0.15) is 10.7 Å². The van der Waals surface area contributed by atoms with Gasteiger partial charge in [0.15, 0.2) is 0 Å². The van der Waals surface area contributed by atoms with Crippen LogP contribution in [-0.2, 0) is 9.59 Å². The van der Waals surface area contributed by atoms with Gasteiger partial charge in [0.2, 0.25) is 0 Å². The number of carbonyl (C=O) groups is 2. The molecule has 2 amide bonds. The second-order valence-corrected chi connectivity index (χ2v) is 7.06. The average Bonchev–Trinajstić information content (AvgIpc) is 2.86. The Balaban J connectivity index is 1.73. The SMILES string of the molecule is O=C1C(Cl)=C(Nc2ccc(Br)cc2)C(=O)N1c1cccc2ccccc12. The lowest BCUT2D eigenvalue weighted by Gasteiger charge is -2.17. The first-order valence-electron chi connectivity index (χ1n) is 7.85. The number of carbonyl (C=O) groups excluding carboxylic acids is 2. The van der Waals surface area contributed by atoms with Gasteiger partial charge in [0.05, 0.1) is 5.69 Å². The summed E-state index contributed by atoms with van der Waals surface area (Å²) in [6.07, 6.45) is 0. The van der Waals surface area contributed by atoms with Crippen LogP contribution in [0, 0.1) is 0 Å². The number of nitrogens with one attached hydrogen (secondary N) is 1. The minimum absolute atomic E-state index is 0.0759. The van der Waals surface area contributed by atoms with Gasteiger partial charge in [0, 0.05) is 15.5 Å². The van der Waals surface area contributed by atoms with Crippen molar-refractivity contribution in [3.63, 3.8) is 0 Å². The Bertz CT molecular complexity index is 1070. The van der Waals surface area contributed by atoms with Gasteiger partial charge >= 0.3 is 0 Å². The molecule has 0 aliphatic carbocycles. The van der Waals surface area contributed by atoms with Crippen LogP contribution in [-0.4, -0.2) is 11.8 Å². The van der Waals surface area contributed by atoms with E-state index in [-0.39, 0.29) is 10.7 Å². The molecular formula is C20H12BrClN2O2. The minimum atomic E-state index is -0.535. The number of nitrogens with zero attached hydrogens (tertiary/aromatic N) is 1. The predicted molar refractivity (Wildman–Crippen MR) is 107 cm³/mol. The van der Waals surface area contributed by atoms with Crippen molar-refractivity contribution in [2.45, 2.75) is 0 Å². The number of fused-ring (bicyclic) bond motifs is 1. The second-order valence-electron chi connectivity index (χ2n) is 5.76. The Morgan fingerprint density at radius 2 is 1.54 bits per heavy atom. The van der Waals surface area contributed by atoms with Gasteiger partial charge in [-0.05, 0) is 35.7 Å². The lowest BCUT2D eigenvalue weighted by atomic mass is 10.1. The van der Waals surface area contributed by atoms with Crippen molar-refractivity contribution in [1.29, 1.82) is 0 Å². The normalized spacial score (nSPS) is 14.5. The Hall–Kier alpha value is -2.63. The first-order valence-corrected chi connectivity index (χ1v) is 9.02. The molecule has 26 heavy (non-hydrogen) atoms. The predicted octanol–water partition coefficient (Wildman–Crippen LogP) is 5.04. The fourth-order valence-corrected chi connectivity index (χ4v) is 3.39. The molecule has 3 aromatic rings. The van der Waals surface area contributed by atoms with E-state index in [0.29, 0.717) is 11.4 Å². The minimum Gasteiger partial charge on any atom is -0.350 e. The maximum Gasteiger partial charge on any atom is 0.283 e. The zero-order chi connectivity index (χ0) is 18.3. The molecule has 0 bridgehead atoms. The molecule has 0 saturated carbocycles. The molecule has 6 heteroatoms. The number of benzene rings is 3. The number of halogens is 2. The summed E-state index contributed by atoms with van der Waals surface area (Å²) in [6.45, 7) is 0. The molecule has 4 nitrogen and oxygen atoms in total. The van der Waals surface area contributed by atoms with Crippen molar-refractivity contribution < 1.29 is 9.59 Å². The third-order valence-corrected chi connectivity index (χ3v) is 5.03. The number of anilines is 2. The molecule has 3 aromatic carbocycles. The lowest BCUT2D eigenvalue weighted by molar-refractivity contribution is -0.120. The van der Waals surface area contributed by atoms with Gasteiger partial charge in [-0.1, -0.05) is 63.9 Å². The maximum atomic E-state index is 12.9. The Morgan fingerprint density at radius 1 is 0.846 bits per heavy atom. The van der Waals surface area contributed by atoms with Crippen LogP contribution in [0.1, 0.15) is 0 Å². The Kier molecular flexibility index (Phi) is 4.26. The number of hydrogen-bond acceptors (Lipinski definition) is 3. The monoisotopic (exact) mass is 426 g/mol. The van der Waals surface area contributed by atoms with Crippen LogP contribution in [0.4, 0.5) is 11.4 Å². The fraction of sp³-hybridized carbons (Fsp3) is 0. The fourth-order valence-electron chi connectivity index (χ4n) is 2.91. The number of imide groups is 1. The van der Waals surface area contributed by atoms with Crippen LogP contribution in [0.3, 0.4) is 0 Å². The van der Waals surface area contributed by atoms with E-state index in [0.717, 1.165) is 20.1 Å². The summed E-state index contributed by atoms with van der Waals surface area (Å²) in [5, 5.41) is 4.59. The number of amides is 2. The molecule has 0 unspecified atom stereocenters. The van der Waals surface area contributed by atoms with E-state index in [2.05, 4.69) is 21.2 Å². The lowest BCUT2D eigenvalue weighted by Crippen LogP contribution is -2.32. The molecular weight excluding hydrogens is 416 g/mol. The summed E-state index contributed by atoms with van der Waals surface area (Å²) in [5.41, 5.74) is 1.26. The molecule has 0 atom stereocenters. The molecule has 0 fully saturated rings. The van der Waals surface area contributed by atoms with Crippen LogP contribution in [0.25, 0.3) is 10.8 Å². The van der Waals surface area contributed by atoms with Crippen LogP contribution < -0.4 is 10.2 Å². The Labute approximate surface area is 163 Å². The summed E-state index contributed by atoms with van der Waals surface area (Å²) < 4.78 is 0.911. The molecule has 1 heterocycles. The summed E-state index contributed by atoms with van der Waals surface area (Å²) >= 11 is 9.56. The van der Waals surface area contributed by atoms with E-state index >= 15 is 0 Å². The number of hydrogen-bond donors (Lipinski definition) is 1. The largest absolute Gasteiger partial charge is 0.350 e. The summed E-state index contributed by atoms with van der Waals surface area (Å²) in [5.74, 6) is -1.01. The molecule has 0 radical (unpaired) electrons. The summed E-state index contributed by atoms with van der Waals surface area (Å²) in [4.78, 5) is 26.7. The first kappa shape index (κ1) is 16.8. The highest BCUT2D eigenvalue weighted by Gasteiger charge is 2.39. The van der Waals surface area contributed by atoms with Crippen LogP contribution in [0.15, 0.2) is 81.9 Å². The average molecular weight is 428 g/mol. The van der Waals surface area contributed by atoms with Gasteiger partial charge in [-0.2, -0.15) is 0 Å². The van der Waals surface area contributed by atoms with Crippen molar-refractivity contribution in [2.24, 2.45) is 0 Å². The van der Waals surface area contributed by atoms with Crippen LogP contribution in [0.2, 0.25) is 0 Å². The molecule has 0 saturated heterocycles. The Morgan fingerprint density at radius 3 is 2.31 bits per heavy atom. The highest BCUT2D eigenvalue weighted by atomic mass is 79.9. The molecule has 1 aliphatic rings. The summed E-state index contributed by atoms with van der Waals surface area (Å²) in [7, 11) is 0. The zero-order valence-electron chi connectivity index (χ0n) is 13.4. The van der Waals surface area contributed by atoms with E-state index in [4.69, 9.17) is 11.6 Å². The third kappa shape index (κ3) is 2.79. The molecule has 4 rings (SSSR count). The highest BCUT2D eigenvalue weighted by molar-refractivity contribution is 9.10. The van der Waals surface area contributed by atoms with Crippen LogP contribution >= 0.6 is 27.5 Å². The van der Waals surface area contributed by atoms with Crippen LogP contribution in [0.5, 0.6) is 0 Å². The van der Waals surface area contributed by atoms with E-state index in [1.165, 1.54) is 0 Å². The zero-order valence-corrected chi connectivity index (χ0v) is 15.7. The van der Waals surface area contributed by atoms with Crippen molar-refractivity contribution in [3.8, 4) is 0 Å². The molecule has 0 spiro atoms. The van der Waals surface area contributed by atoms with E-state index in [9.17, 15) is 9.59 Å². The third-order valence-electron chi connectivity index (χ3n) is 4.15. The van der Waals surface area contributed by atoms with E-state index in [1.807, 2.05) is 48.5 Å². The summed E-state index contributed by atoms with van der Waals surface area (Å²) in [6, 6.07) is 20.3. The van der Waals surface area contributed by atoms with Gasteiger partial charge in [-0.3, -0.25) is 9.59 Å². The van der Waals surface area contributed by atoms with Crippen molar-refractivity contribution in [3.05, 3.63) is 81.9 Å². The topological polar surface area (TPSA) is 49.4 Å². The molecule has 0 aromatic heterocycles. The van der Waals surface area contributed by atoms with Crippen molar-refractivity contribution in [2.75, 3.05) is 10.2 Å².